The van der Waals surface area contributed by atoms with Crippen molar-refractivity contribution in [3.05, 3.63) is 66.5 Å². The fraction of sp³-hybridized carbons (Fsp3) is 0.136. The lowest BCUT2D eigenvalue weighted by atomic mass is 10.1. The Kier molecular flexibility index (Phi) is 5.69. The summed E-state index contributed by atoms with van der Waals surface area (Å²) in [6.45, 7) is 0. The Bertz CT molecular complexity index is 1140. The van der Waals surface area contributed by atoms with Crippen LogP contribution >= 0.6 is 23.6 Å². The standard InChI is InChI=1S/C22H19N3O2S2/c1-26-16-6-7-17(19(12-16)27-2)24-21(28)11-14-4-3-5-15(10-14)22-25-18-8-9-23-13-20(18)29-22/h3-10,12-13H,11H2,1-2H3,(H,24,28). The summed E-state index contributed by atoms with van der Waals surface area (Å²) in [6.07, 6.45) is 4.23. The highest BCUT2D eigenvalue weighted by Gasteiger charge is 2.10. The molecule has 29 heavy (non-hydrogen) atoms. The van der Waals surface area contributed by atoms with E-state index >= 15 is 0 Å². The number of methoxy groups -OCH3 is 2. The summed E-state index contributed by atoms with van der Waals surface area (Å²) < 4.78 is 11.8. The number of thiocarbonyl (C=S) groups is 1. The van der Waals surface area contributed by atoms with E-state index in [1.165, 1.54) is 0 Å². The number of nitrogens with one attached hydrogen (secondary N) is 1. The van der Waals surface area contributed by atoms with Crippen LogP contribution in [0.25, 0.3) is 20.8 Å². The molecule has 0 bridgehead atoms. The van der Waals surface area contributed by atoms with Gasteiger partial charge in [-0.1, -0.05) is 30.4 Å². The molecule has 2 aromatic carbocycles. The molecule has 2 heterocycles. The molecule has 0 amide bonds. The van der Waals surface area contributed by atoms with Crippen LogP contribution in [0.5, 0.6) is 11.5 Å². The first-order valence-electron chi connectivity index (χ1n) is 8.98. The molecule has 0 fully saturated rings. The quantitative estimate of drug-likeness (QED) is 0.423. The molecule has 1 N–H and O–H groups in total. The van der Waals surface area contributed by atoms with Crippen molar-refractivity contribution in [2.45, 2.75) is 6.42 Å². The Balaban J connectivity index is 1.51. The zero-order valence-electron chi connectivity index (χ0n) is 16.0. The molecule has 0 atom stereocenters. The van der Waals surface area contributed by atoms with Gasteiger partial charge in [-0.15, -0.1) is 11.3 Å². The largest absolute Gasteiger partial charge is 0.497 e. The first-order valence-corrected chi connectivity index (χ1v) is 10.2. The smallest absolute Gasteiger partial charge is 0.146 e. The van der Waals surface area contributed by atoms with E-state index in [4.69, 9.17) is 26.7 Å². The SMILES string of the molecule is COc1ccc(NC(=S)Cc2cccc(-c3nc4ccncc4s3)c2)c(OC)c1. The topological polar surface area (TPSA) is 56.3 Å². The minimum absolute atomic E-state index is 0.616. The molecular weight excluding hydrogens is 402 g/mol. The molecule has 0 saturated heterocycles. The van der Waals surface area contributed by atoms with Crippen LogP contribution in [-0.4, -0.2) is 29.2 Å². The van der Waals surface area contributed by atoms with Crippen molar-refractivity contribution in [1.82, 2.24) is 9.97 Å². The highest BCUT2D eigenvalue weighted by Crippen LogP contribution is 2.31. The van der Waals surface area contributed by atoms with Gasteiger partial charge in [-0.2, -0.15) is 0 Å². The zero-order valence-corrected chi connectivity index (χ0v) is 17.6. The number of pyridine rings is 1. The van der Waals surface area contributed by atoms with Crippen LogP contribution in [0.4, 0.5) is 5.69 Å². The van der Waals surface area contributed by atoms with Crippen molar-refractivity contribution in [3.8, 4) is 22.1 Å². The van der Waals surface area contributed by atoms with Crippen LogP contribution in [0, 0.1) is 0 Å². The summed E-state index contributed by atoms with van der Waals surface area (Å²) in [6, 6.07) is 15.8. The van der Waals surface area contributed by atoms with Gasteiger partial charge in [-0.05, 0) is 29.8 Å². The molecule has 0 spiro atoms. The summed E-state index contributed by atoms with van der Waals surface area (Å²) in [5, 5.41) is 4.25. The molecule has 146 valence electrons. The second-order valence-corrected chi connectivity index (χ2v) is 7.88. The minimum atomic E-state index is 0.616. The van der Waals surface area contributed by atoms with E-state index in [1.807, 2.05) is 36.5 Å². The van der Waals surface area contributed by atoms with E-state index in [9.17, 15) is 0 Å². The van der Waals surface area contributed by atoms with Gasteiger partial charge in [0.05, 0.1) is 35.1 Å². The molecule has 0 unspecified atom stereocenters. The van der Waals surface area contributed by atoms with Crippen molar-refractivity contribution < 1.29 is 9.47 Å². The first kappa shape index (κ1) is 19.3. The Morgan fingerprint density at radius 2 is 2.00 bits per heavy atom. The lowest BCUT2D eigenvalue weighted by Gasteiger charge is -2.13. The van der Waals surface area contributed by atoms with Crippen molar-refractivity contribution in [2.24, 2.45) is 0 Å². The molecule has 0 aliphatic heterocycles. The van der Waals surface area contributed by atoms with Crippen LogP contribution in [0.15, 0.2) is 60.9 Å². The van der Waals surface area contributed by atoms with E-state index in [0.717, 1.165) is 37.8 Å². The number of hydrogen-bond donors (Lipinski definition) is 1. The number of fused-ring (bicyclic) bond motifs is 1. The Labute approximate surface area is 178 Å². The highest BCUT2D eigenvalue weighted by molar-refractivity contribution is 7.80. The Morgan fingerprint density at radius 3 is 2.79 bits per heavy atom. The number of rotatable bonds is 6. The van der Waals surface area contributed by atoms with E-state index in [1.54, 1.807) is 31.8 Å². The Morgan fingerprint density at radius 1 is 1.10 bits per heavy atom. The summed E-state index contributed by atoms with van der Waals surface area (Å²) >= 11 is 7.22. The molecule has 0 aliphatic rings. The van der Waals surface area contributed by atoms with Crippen LogP contribution in [0.1, 0.15) is 5.56 Å². The molecule has 4 rings (SSSR count). The minimum Gasteiger partial charge on any atom is -0.497 e. The fourth-order valence-electron chi connectivity index (χ4n) is 3.00. The third-order valence-corrected chi connectivity index (χ3v) is 5.71. The number of anilines is 1. The van der Waals surface area contributed by atoms with Gasteiger partial charge in [0.1, 0.15) is 16.5 Å². The lowest BCUT2D eigenvalue weighted by molar-refractivity contribution is 0.395. The molecule has 4 aromatic rings. The van der Waals surface area contributed by atoms with Gasteiger partial charge in [-0.3, -0.25) is 4.98 Å². The van der Waals surface area contributed by atoms with Crippen LogP contribution in [-0.2, 0) is 6.42 Å². The first-order chi connectivity index (χ1) is 14.2. The van der Waals surface area contributed by atoms with Gasteiger partial charge in [-0.25, -0.2) is 4.98 Å². The molecular formula is C22H19N3O2S2. The van der Waals surface area contributed by atoms with E-state index < -0.39 is 0 Å². The van der Waals surface area contributed by atoms with Crippen molar-refractivity contribution in [1.29, 1.82) is 0 Å². The lowest BCUT2D eigenvalue weighted by Crippen LogP contribution is -2.13. The average Bonchev–Trinajstić information content (AvgIpc) is 3.18. The van der Waals surface area contributed by atoms with E-state index in [-0.39, 0.29) is 0 Å². The van der Waals surface area contributed by atoms with Gasteiger partial charge < -0.3 is 14.8 Å². The fourth-order valence-corrected chi connectivity index (χ4v) is 4.20. The van der Waals surface area contributed by atoms with Crippen molar-refractivity contribution in [3.63, 3.8) is 0 Å². The second-order valence-electron chi connectivity index (χ2n) is 6.35. The number of thiazole rings is 1. The molecule has 5 nitrogen and oxygen atoms in total. The van der Waals surface area contributed by atoms with Gasteiger partial charge in [0.15, 0.2) is 0 Å². The van der Waals surface area contributed by atoms with Gasteiger partial charge in [0.25, 0.3) is 0 Å². The van der Waals surface area contributed by atoms with Crippen LogP contribution in [0.3, 0.4) is 0 Å². The summed E-state index contributed by atoms with van der Waals surface area (Å²) in [5.74, 6) is 1.42. The molecule has 7 heteroatoms. The van der Waals surface area contributed by atoms with E-state index in [0.29, 0.717) is 17.2 Å². The maximum atomic E-state index is 5.58. The summed E-state index contributed by atoms with van der Waals surface area (Å²) in [4.78, 5) is 9.59. The van der Waals surface area contributed by atoms with E-state index in [2.05, 4.69) is 28.5 Å². The predicted molar refractivity (Wildman–Crippen MR) is 122 cm³/mol. The second kappa shape index (κ2) is 8.55. The zero-order chi connectivity index (χ0) is 20.2. The number of benzene rings is 2. The van der Waals surface area contributed by atoms with Gasteiger partial charge in [0.2, 0.25) is 0 Å². The van der Waals surface area contributed by atoms with Crippen molar-refractivity contribution >= 4 is 44.4 Å². The van der Waals surface area contributed by atoms with Crippen LogP contribution in [0.2, 0.25) is 0 Å². The maximum absolute atomic E-state index is 5.58. The summed E-state index contributed by atoms with van der Waals surface area (Å²) in [7, 11) is 3.25. The van der Waals surface area contributed by atoms with Gasteiger partial charge >= 0.3 is 0 Å². The number of ether oxygens (including phenoxy) is 2. The monoisotopic (exact) mass is 421 g/mol. The van der Waals surface area contributed by atoms with Crippen LogP contribution < -0.4 is 14.8 Å². The number of aromatic nitrogens is 2. The number of nitrogens with zero attached hydrogens (tertiary/aromatic N) is 2. The highest BCUT2D eigenvalue weighted by atomic mass is 32.1. The Hall–Kier alpha value is -3.03. The summed E-state index contributed by atoms with van der Waals surface area (Å²) in [5.41, 5.74) is 3.97. The molecule has 0 radical (unpaired) electrons. The average molecular weight is 422 g/mol. The third-order valence-electron chi connectivity index (χ3n) is 4.41. The third kappa shape index (κ3) is 4.36. The molecule has 0 saturated carbocycles. The van der Waals surface area contributed by atoms with Gasteiger partial charge in [0, 0.05) is 30.4 Å². The molecule has 0 aliphatic carbocycles. The predicted octanol–water partition coefficient (Wildman–Crippen LogP) is 5.36. The normalized spacial score (nSPS) is 10.7. The maximum Gasteiger partial charge on any atom is 0.146 e. The van der Waals surface area contributed by atoms with Crippen molar-refractivity contribution in [2.75, 3.05) is 19.5 Å². The number of hydrogen-bond acceptors (Lipinski definition) is 6. The molecule has 2 aromatic heterocycles.